The molecule has 0 saturated heterocycles. The van der Waals surface area contributed by atoms with E-state index in [1.807, 2.05) is 18.0 Å². The number of hydrogen-bond donors (Lipinski definition) is 1. The van der Waals surface area contributed by atoms with Gasteiger partial charge in [-0.05, 0) is 61.1 Å². The largest absolute Gasteiger partial charge is 0.339 e. The van der Waals surface area contributed by atoms with Crippen LogP contribution in [0.4, 0.5) is 0 Å². The highest BCUT2D eigenvalue weighted by Gasteiger charge is 2.25. The van der Waals surface area contributed by atoms with Crippen molar-refractivity contribution in [1.82, 2.24) is 9.97 Å². The Hall–Kier alpha value is -2.33. The van der Waals surface area contributed by atoms with Crippen LogP contribution in [0.5, 0.6) is 0 Å². The molecule has 4 heteroatoms. The molecule has 1 fully saturated rings. The van der Waals surface area contributed by atoms with E-state index in [0.717, 1.165) is 42.6 Å². The highest BCUT2D eigenvalue weighted by atomic mass is 32.2. The van der Waals surface area contributed by atoms with Crippen LogP contribution in [0.1, 0.15) is 64.9 Å². The Kier molecular flexibility index (Phi) is 5.76. The summed E-state index contributed by atoms with van der Waals surface area (Å²) < 4.78 is 0. The summed E-state index contributed by atoms with van der Waals surface area (Å²) in [4.78, 5) is 15.8. The Morgan fingerprint density at radius 3 is 2.97 bits per heavy atom. The van der Waals surface area contributed by atoms with Gasteiger partial charge in [-0.1, -0.05) is 55.5 Å². The number of nitrogens with one attached hydrogen (secondary N) is 1. The van der Waals surface area contributed by atoms with Crippen LogP contribution in [-0.2, 0) is 0 Å². The van der Waals surface area contributed by atoms with Crippen LogP contribution in [0.3, 0.4) is 0 Å². The van der Waals surface area contributed by atoms with Gasteiger partial charge in [-0.2, -0.15) is 0 Å². The third kappa shape index (κ3) is 4.24. The molecule has 3 aliphatic rings. The van der Waals surface area contributed by atoms with Gasteiger partial charge >= 0.3 is 0 Å². The molecule has 2 aromatic heterocycles. The fraction of sp³-hybridized carbons (Fsp3) is 0.385. The van der Waals surface area contributed by atoms with Crippen molar-refractivity contribution in [3.05, 3.63) is 69.5 Å². The Morgan fingerprint density at radius 2 is 2.17 bits per heavy atom. The maximum absolute atomic E-state index is 4.76. The maximum atomic E-state index is 4.76. The first-order valence-electron chi connectivity index (χ1n) is 11.3. The third-order valence-electron chi connectivity index (χ3n) is 5.97. The first kappa shape index (κ1) is 19.6. The van der Waals surface area contributed by atoms with Crippen molar-refractivity contribution in [2.75, 3.05) is 6.54 Å². The molecule has 1 N–H and O–H groups in total. The van der Waals surface area contributed by atoms with E-state index in [1.165, 1.54) is 52.0 Å². The second-order valence-corrected chi connectivity index (χ2v) is 9.54. The predicted molar refractivity (Wildman–Crippen MR) is 128 cm³/mol. The molecule has 1 saturated carbocycles. The number of rotatable bonds is 7. The topological polar surface area (TPSA) is 41.0 Å². The van der Waals surface area contributed by atoms with Gasteiger partial charge in [0, 0.05) is 41.5 Å². The minimum Gasteiger partial charge on any atom is -0.339 e. The summed E-state index contributed by atoms with van der Waals surface area (Å²) in [7, 11) is 0. The van der Waals surface area contributed by atoms with E-state index < -0.39 is 0 Å². The zero-order valence-corrected chi connectivity index (χ0v) is 18.5. The van der Waals surface area contributed by atoms with E-state index in [9.17, 15) is 0 Å². The molecule has 0 unspecified atom stereocenters. The fourth-order valence-corrected chi connectivity index (χ4v) is 5.21. The average Bonchev–Trinajstić information content (AvgIpc) is 3.59. The number of fused-ring (bicyclic) bond motifs is 1. The number of unbranched alkanes of at least 4 members (excludes halogenated alkanes) is 1. The van der Waals surface area contributed by atoms with E-state index in [0.29, 0.717) is 5.92 Å². The van der Waals surface area contributed by atoms with Gasteiger partial charge in [-0.15, -0.1) is 0 Å². The van der Waals surface area contributed by atoms with Gasteiger partial charge in [-0.3, -0.25) is 9.98 Å². The Bertz CT molecular complexity index is 1130. The molecule has 156 valence electrons. The summed E-state index contributed by atoms with van der Waals surface area (Å²) in [6.45, 7) is 3.12. The van der Waals surface area contributed by atoms with Crippen molar-refractivity contribution in [2.45, 2.75) is 62.7 Å². The van der Waals surface area contributed by atoms with Gasteiger partial charge in [-0.25, -0.2) is 0 Å². The lowest BCUT2D eigenvalue weighted by molar-refractivity contribution is 0.798. The van der Waals surface area contributed by atoms with Gasteiger partial charge in [0.15, 0.2) is 0 Å². The van der Waals surface area contributed by atoms with Crippen LogP contribution >= 0.6 is 11.8 Å². The third-order valence-corrected chi connectivity index (χ3v) is 7.17. The van der Waals surface area contributed by atoms with Crippen LogP contribution in [0, 0.1) is 0 Å². The molecule has 0 radical (unpaired) electrons. The summed E-state index contributed by atoms with van der Waals surface area (Å²) >= 11 is 1.88. The molecular weight excluding hydrogens is 386 g/mol. The minimum absolute atomic E-state index is 0. The summed E-state index contributed by atoms with van der Waals surface area (Å²) in [6, 6.07) is 4.44. The van der Waals surface area contributed by atoms with E-state index in [4.69, 9.17) is 9.98 Å². The standard InChI is InChI=1S/C26H29N3S.H2/c1-2-3-6-18-7-4-8-21(14-10-18)30-25-22-9-5-16-27-26(22)29-24(25)20-13-15-23(28-17-20)19-11-12-19;/h4,7,9-10,13-15,17,19H,2-3,5-6,8,11-12,16H2,1H3,(H,27,29);1H. The molecular formula is C26H31N3S. The molecule has 3 heterocycles. The lowest BCUT2D eigenvalue weighted by atomic mass is 10.1. The average molecular weight is 418 g/mol. The van der Waals surface area contributed by atoms with Gasteiger partial charge in [0.25, 0.3) is 0 Å². The number of pyridine rings is 1. The number of aromatic nitrogens is 2. The van der Waals surface area contributed by atoms with Crippen molar-refractivity contribution in [2.24, 2.45) is 4.99 Å². The monoisotopic (exact) mass is 417 g/mol. The number of nitrogens with zero attached hydrogens (tertiary/aromatic N) is 2. The van der Waals surface area contributed by atoms with Crippen molar-refractivity contribution in [1.29, 1.82) is 0 Å². The number of aromatic amines is 1. The second kappa shape index (κ2) is 8.81. The first-order valence-corrected chi connectivity index (χ1v) is 12.1. The van der Waals surface area contributed by atoms with Gasteiger partial charge in [0.2, 0.25) is 0 Å². The van der Waals surface area contributed by atoms with Crippen LogP contribution < -0.4 is 10.7 Å². The van der Waals surface area contributed by atoms with Gasteiger partial charge < -0.3 is 4.98 Å². The van der Waals surface area contributed by atoms with E-state index in [1.54, 1.807) is 0 Å². The Balaban J connectivity index is 0.00000231. The quantitative estimate of drug-likeness (QED) is 0.595. The van der Waals surface area contributed by atoms with E-state index >= 15 is 0 Å². The molecule has 0 bridgehead atoms. The Labute approximate surface area is 184 Å². The maximum Gasteiger partial charge on any atom is 0.133 e. The summed E-state index contributed by atoms with van der Waals surface area (Å²) in [5.74, 6) is 0.685. The van der Waals surface area contributed by atoms with Crippen molar-refractivity contribution < 1.29 is 1.43 Å². The predicted octanol–water partition coefficient (Wildman–Crippen LogP) is 6.06. The molecule has 5 rings (SSSR count). The molecule has 2 aromatic rings. The van der Waals surface area contributed by atoms with Crippen LogP contribution in [0.15, 0.2) is 63.0 Å². The highest BCUT2D eigenvalue weighted by molar-refractivity contribution is 8.03. The van der Waals surface area contributed by atoms with Gasteiger partial charge in [0.1, 0.15) is 5.49 Å². The fourth-order valence-electron chi connectivity index (χ4n) is 4.07. The normalized spacial score (nSPS) is 18.0. The molecule has 0 aromatic carbocycles. The molecule has 0 atom stereocenters. The lowest BCUT2D eigenvalue weighted by Gasteiger charge is -2.07. The van der Waals surface area contributed by atoms with Gasteiger partial charge in [0.05, 0.1) is 5.69 Å². The van der Waals surface area contributed by atoms with Crippen molar-refractivity contribution >= 4 is 17.8 Å². The SMILES string of the molecule is CCCCC1=CC=C(Sc2c(-c3ccc(C4CC4)nc3)[nH]c3c2=CCCN=3)CC=C1.[HH]. The number of H-pyrrole nitrogens is 1. The summed E-state index contributed by atoms with van der Waals surface area (Å²) in [5.41, 5.74) is 6.01. The van der Waals surface area contributed by atoms with Crippen LogP contribution in [-0.4, -0.2) is 16.5 Å². The number of thioether (sulfide) groups is 1. The van der Waals surface area contributed by atoms with Crippen molar-refractivity contribution in [3.63, 3.8) is 0 Å². The Morgan fingerprint density at radius 1 is 1.23 bits per heavy atom. The van der Waals surface area contributed by atoms with Crippen molar-refractivity contribution in [3.8, 4) is 11.3 Å². The molecule has 2 aliphatic carbocycles. The molecule has 1 aliphatic heterocycles. The first-order chi connectivity index (χ1) is 14.8. The minimum atomic E-state index is 0. The summed E-state index contributed by atoms with van der Waals surface area (Å²) in [5, 5.41) is 1.26. The molecule has 30 heavy (non-hydrogen) atoms. The van der Waals surface area contributed by atoms with E-state index in [2.05, 4.69) is 54.4 Å². The second-order valence-electron chi connectivity index (χ2n) is 8.40. The summed E-state index contributed by atoms with van der Waals surface area (Å²) in [6.07, 6.45) is 21.8. The zero-order valence-electron chi connectivity index (χ0n) is 17.7. The number of allylic oxidation sites excluding steroid dienone is 6. The molecule has 0 amide bonds. The van der Waals surface area contributed by atoms with Crippen LogP contribution in [0.25, 0.3) is 17.3 Å². The van der Waals surface area contributed by atoms with E-state index in [-0.39, 0.29) is 1.43 Å². The molecule has 3 nitrogen and oxygen atoms in total. The lowest BCUT2D eigenvalue weighted by Crippen LogP contribution is -2.27. The smallest absolute Gasteiger partial charge is 0.133 e. The zero-order chi connectivity index (χ0) is 20.3. The molecule has 0 spiro atoms. The number of hydrogen-bond acceptors (Lipinski definition) is 3. The highest BCUT2D eigenvalue weighted by Crippen LogP contribution is 2.40. The van der Waals surface area contributed by atoms with Crippen LogP contribution in [0.2, 0.25) is 0 Å².